The summed E-state index contributed by atoms with van der Waals surface area (Å²) in [5.74, 6) is 0.148. The Hall–Kier alpha value is -1.33. The lowest BCUT2D eigenvalue weighted by Crippen LogP contribution is -2.47. The number of hydrogen-bond acceptors (Lipinski definition) is 4. The molecule has 1 fully saturated rings. The van der Waals surface area contributed by atoms with Gasteiger partial charge in [0.2, 0.25) is 5.91 Å². The fraction of sp³-hybridized carbons (Fsp3) is 0.500. The molecule has 2 N–H and O–H groups in total. The molecule has 1 aromatic rings. The number of hydrogen-bond donors (Lipinski definition) is 1. The van der Waals surface area contributed by atoms with Crippen LogP contribution in [-0.4, -0.2) is 53.9 Å². The maximum absolute atomic E-state index is 12.0. The van der Waals surface area contributed by atoms with Gasteiger partial charge in [0.25, 0.3) is 0 Å². The van der Waals surface area contributed by atoms with E-state index < -0.39 is 0 Å². The fourth-order valence-corrected chi connectivity index (χ4v) is 1.86. The van der Waals surface area contributed by atoms with Crippen LogP contribution in [0.1, 0.15) is 5.69 Å². The first kappa shape index (κ1) is 14.7. The van der Waals surface area contributed by atoms with Gasteiger partial charge in [-0.1, -0.05) is 0 Å². The van der Waals surface area contributed by atoms with Crippen molar-refractivity contribution in [1.82, 2.24) is 14.8 Å². The second-order valence-corrected chi connectivity index (χ2v) is 4.44. The Labute approximate surface area is 113 Å². The van der Waals surface area contributed by atoms with E-state index in [1.807, 2.05) is 11.0 Å². The van der Waals surface area contributed by atoms with Crippen molar-refractivity contribution < 1.29 is 4.79 Å². The van der Waals surface area contributed by atoms with Crippen molar-refractivity contribution in [2.45, 2.75) is 6.42 Å². The van der Waals surface area contributed by atoms with Crippen molar-refractivity contribution in [3.8, 4) is 0 Å². The first-order chi connectivity index (χ1) is 8.15. The molecule has 2 rings (SSSR count). The predicted octanol–water partition coefficient (Wildman–Crippen LogP) is 0.402. The number of rotatable bonds is 2. The van der Waals surface area contributed by atoms with Crippen LogP contribution in [0.5, 0.6) is 0 Å². The lowest BCUT2D eigenvalue weighted by Gasteiger charge is -2.32. The van der Waals surface area contributed by atoms with Crippen LogP contribution in [0.2, 0.25) is 0 Å². The van der Waals surface area contributed by atoms with E-state index in [0.29, 0.717) is 12.1 Å². The number of halogens is 1. The summed E-state index contributed by atoms with van der Waals surface area (Å²) < 4.78 is 0. The van der Waals surface area contributed by atoms with Gasteiger partial charge in [-0.05, 0) is 19.2 Å². The van der Waals surface area contributed by atoms with E-state index >= 15 is 0 Å². The van der Waals surface area contributed by atoms with E-state index in [4.69, 9.17) is 5.73 Å². The normalized spacial score (nSPS) is 16.2. The van der Waals surface area contributed by atoms with Crippen LogP contribution in [0.4, 0.5) is 5.69 Å². The second kappa shape index (κ2) is 6.56. The third kappa shape index (κ3) is 3.85. The maximum Gasteiger partial charge on any atom is 0.228 e. The summed E-state index contributed by atoms with van der Waals surface area (Å²) in [5, 5.41) is 0. The second-order valence-electron chi connectivity index (χ2n) is 4.44. The van der Waals surface area contributed by atoms with Crippen LogP contribution in [0, 0.1) is 0 Å². The SMILES string of the molecule is CN1CCN(C(=O)Cc2ccc(N)cn2)CC1.Cl. The third-order valence-electron chi connectivity index (χ3n) is 3.04. The zero-order chi connectivity index (χ0) is 12.3. The molecule has 2 heterocycles. The van der Waals surface area contributed by atoms with Crippen LogP contribution in [0.25, 0.3) is 0 Å². The summed E-state index contributed by atoms with van der Waals surface area (Å²) in [6.45, 7) is 3.51. The number of piperazine rings is 1. The molecule has 1 amide bonds. The van der Waals surface area contributed by atoms with Gasteiger partial charge in [0.15, 0.2) is 0 Å². The van der Waals surface area contributed by atoms with Gasteiger partial charge in [-0.25, -0.2) is 0 Å². The summed E-state index contributed by atoms with van der Waals surface area (Å²) in [4.78, 5) is 20.3. The highest BCUT2D eigenvalue weighted by molar-refractivity contribution is 5.85. The number of aromatic nitrogens is 1. The minimum Gasteiger partial charge on any atom is -0.397 e. The molecule has 5 nitrogen and oxygen atoms in total. The largest absolute Gasteiger partial charge is 0.397 e. The Morgan fingerprint density at radius 3 is 2.56 bits per heavy atom. The van der Waals surface area contributed by atoms with Gasteiger partial charge in [0.1, 0.15) is 0 Å². The Morgan fingerprint density at radius 2 is 2.00 bits per heavy atom. The lowest BCUT2D eigenvalue weighted by atomic mass is 10.2. The van der Waals surface area contributed by atoms with Crippen LogP contribution < -0.4 is 5.73 Å². The van der Waals surface area contributed by atoms with E-state index in [9.17, 15) is 4.79 Å². The van der Waals surface area contributed by atoms with Crippen molar-refractivity contribution in [3.63, 3.8) is 0 Å². The van der Waals surface area contributed by atoms with Gasteiger partial charge in [0, 0.05) is 31.9 Å². The molecule has 0 bridgehead atoms. The highest BCUT2D eigenvalue weighted by atomic mass is 35.5. The first-order valence-corrected chi connectivity index (χ1v) is 5.82. The average Bonchev–Trinajstić information content (AvgIpc) is 2.33. The van der Waals surface area contributed by atoms with Gasteiger partial charge >= 0.3 is 0 Å². The minimum atomic E-state index is 0. The molecule has 0 aliphatic carbocycles. The molecular formula is C12H19ClN4O. The van der Waals surface area contributed by atoms with E-state index in [-0.39, 0.29) is 18.3 Å². The Bertz CT molecular complexity index is 388. The molecule has 0 saturated carbocycles. The van der Waals surface area contributed by atoms with Gasteiger partial charge in [-0.2, -0.15) is 0 Å². The molecule has 6 heteroatoms. The van der Waals surface area contributed by atoms with Gasteiger partial charge in [-0.3, -0.25) is 9.78 Å². The highest BCUT2D eigenvalue weighted by Gasteiger charge is 2.19. The standard InChI is InChI=1S/C12H18N4O.ClH/c1-15-4-6-16(7-5-15)12(17)8-11-3-2-10(13)9-14-11;/h2-3,9H,4-8,13H2,1H3;1H. The summed E-state index contributed by atoms with van der Waals surface area (Å²) in [6.07, 6.45) is 1.95. The predicted molar refractivity (Wildman–Crippen MR) is 73.7 cm³/mol. The number of anilines is 1. The van der Waals surface area contributed by atoms with Crippen LogP contribution in [0.3, 0.4) is 0 Å². The van der Waals surface area contributed by atoms with Crippen LogP contribution in [0.15, 0.2) is 18.3 Å². The highest BCUT2D eigenvalue weighted by Crippen LogP contribution is 2.06. The average molecular weight is 271 g/mol. The number of likely N-dealkylation sites (N-methyl/N-ethyl adjacent to an activating group) is 1. The number of nitrogens with zero attached hydrogens (tertiary/aromatic N) is 3. The summed E-state index contributed by atoms with van der Waals surface area (Å²) in [5.41, 5.74) is 6.96. The topological polar surface area (TPSA) is 62.5 Å². The number of pyridine rings is 1. The number of carbonyl (C=O) groups is 1. The van der Waals surface area contributed by atoms with Gasteiger partial charge in [-0.15, -0.1) is 12.4 Å². The summed E-state index contributed by atoms with van der Waals surface area (Å²) in [7, 11) is 2.07. The van der Waals surface area contributed by atoms with Gasteiger partial charge in [0.05, 0.1) is 18.3 Å². The van der Waals surface area contributed by atoms with Crippen molar-refractivity contribution in [3.05, 3.63) is 24.0 Å². The molecule has 100 valence electrons. The van der Waals surface area contributed by atoms with Crippen molar-refractivity contribution in [2.75, 3.05) is 39.0 Å². The van der Waals surface area contributed by atoms with Crippen LogP contribution in [-0.2, 0) is 11.2 Å². The molecule has 0 unspecified atom stereocenters. The molecule has 0 radical (unpaired) electrons. The molecule has 18 heavy (non-hydrogen) atoms. The number of nitrogen functional groups attached to an aromatic ring is 1. The van der Waals surface area contributed by atoms with E-state index in [1.165, 1.54) is 0 Å². The molecular weight excluding hydrogens is 252 g/mol. The molecule has 1 aromatic heterocycles. The molecule has 0 atom stereocenters. The van der Waals surface area contributed by atoms with Gasteiger partial charge < -0.3 is 15.5 Å². The zero-order valence-electron chi connectivity index (χ0n) is 10.5. The van der Waals surface area contributed by atoms with Crippen molar-refractivity contribution in [1.29, 1.82) is 0 Å². The molecule has 1 saturated heterocycles. The fourth-order valence-electron chi connectivity index (χ4n) is 1.86. The van der Waals surface area contributed by atoms with Crippen molar-refractivity contribution >= 4 is 24.0 Å². The Balaban J connectivity index is 0.00000162. The van der Waals surface area contributed by atoms with E-state index in [0.717, 1.165) is 31.9 Å². The molecule has 0 spiro atoms. The number of nitrogens with two attached hydrogens (primary N) is 1. The van der Waals surface area contributed by atoms with E-state index in [2.05, 4.69) is 16.9 Å². The quantitative estimate of drug-likeness (QED) is 0.845. The first-order valence-electron chi connectivity index (χ1n) is 5.82. The number of carbonyl (C=O) groups excluding carboxylic acids is 1. The maximum atomic E-state index is 12.0. The summed E-state index contributed by atoms with van der Waals surface area (Å²) >= 11 is 0. The van der Waals surface area contributed by atoms with Crippen molar-refractivity contribution in [2.24, 2.45) is 0 Å². The molecule has 1 aliphatic heterocycles. The van der Waals surface area contributed by atoms with Crippen LogP contribution >= 0.6 is 12.4 Å². The molecule has 0 aromatic carbocycles. The Morgan fingerprint density at radius 1 is 1.33 bits per heavy atom. The Kier molecular flexibility index (Phi) is 5.37. The number of amides is 1. The molecule has 1 aliphatic rings. The lowest BCUT2D eigenvalue weighted by molar-refractivity contribution is -0.132. The minimum absolute atomic E-state index is 0. The zero-order valence-corrected chi connectivity index (χ0v) is 11.3. The summed E-state index contributed by atoms with van der Waals surface area (Å²) in [6, 6.07) is 3.59. The smallest absolute Gasteiger partial charge is 0.228 e. The van der Waals surface area contributed by atoms with E-state index in [1.54, 1.807) is 12.3 Å². The third-order valence-corrected chi connectivity index (χ3v) is 3.04. The monoisotopic (exact) mass is 270 g/mol.